The van der Waals surface area contributed by atoms with Gasteiger partial charge in [-0.2, -0.15) is 15.6 Å². The molecule has 1 N–H and O–H groups in total. The van der Waals surface area contributed by atoms with Crippen molar-refractivity contribution in [2.45, 2.75) is 6.92 Å². The summed E-state index contributed by atoms with van der Waals surface area (Å²) in [6.45, 7) is 7.24. The highest BCUT2D eigenvalue weighted by Crippen LogP contribution is 2.26. The SMILES string of the molecule is CCN1CCN(c2ccccc2NN=C(C#N)C#N)CC1. The number of para-hydroxylation sites is 2. The lowest BCUT2D eigenvalue weighted by Crippen LogP contribution is -2.46. The molecular weight excluding hydrogens is 264 g/mol. The van der Waals surface area contributed by atoms with Crippen LogP contribution < -0.4 is 10.3 Å². The van der Waals surface area contributed by atoms with Gasteiger partial charge in [0.1, 0.15) is 12.1 Å². The van der Waals surface area contributed by atoms with Gasteiger partial charge in [0.05, 0.1) is 11.4 Å². The van der Waals surface area contributed by atoms with Gasteiger partial charge in [-0.15, -0.1) is 0 Å². The summed E-state index contributed by atoms with van der Waals surface area (Å²) in [7, 11) is 0. The molecule has 108 valence electrons. The summed E-state index contributed by atoms with van der Waals surface area (Å²) >= 11 is 0. The van der Waals surface area contributed by atoms with Gasteiger partial charge in [0.2, 0.25) is 5.71 Å². The molecule has 1 aromatic carbocycles. The van der Waals surface area contributed by atoms with E-state index in [0.717, 1.165) is 44.1 Å². The first-order valence-electron chi connectivity index (χ1n) is 6.98. The summed E-state index contributed by atoms with van der Waals surface area (Å²) < 4.78 is 0. The van der Waals surface area contributed by atoms with E-state index < -0.39 is 0 Å². The molecule has 0 unspecified atom stereocenters. The molecule has 6 heteroatoms. The van der Waals surface area contributed by atoms with Gasteiger partial charge < -0.3 is 9.80 Å². The molecule has 0 radical (unpaired) electrons. The van der Waals surface area contributed by atoms with Crippen LogP contribution in [-0.2, 0) is 0 Å². The number of anilines is 2. The lowest BCUT2D eigenvalue weighted by atomic mass is 10.2. The fourth-order valence-corrected chi connectivity index (χ4v) is 2.34. The third-order valence-corrected chi connectivity index (χ3v) is 3.56. The number of likely N-dealkylation sites (N-methyl/N-ethyl adjacent to an activating group) is 1. The summed E-state index contributed by atoms with van der Waals surface area (Å²) in [6.07, 6.45) is 0. The maximum Gasteiger partial charge on any atom is 0.237 e. The molecule has 1 aromatic rings. The van der Waals surface area contributed by atoms with Crippen LogP contribution in [0.4, 0.5) is 11.4 Å². The largest absolute Gasteiger partial charge is 0.367 e. The summed E-state index contributed by atoms with van der Waals surface area (Å²) in [4.78, 5) is 4.70. The zero-order chi connectivity index (χ0) is 15.1. The molecule has 21 heavy (non-hydrogen) atoms. The molecule has 0 aliphatic carbocycles. The van der Waals surface area contributed by atoms with Crippen molar-refractivity contribution in [1.82, 2.24) is 4.90 Å². The maximum absolute atomic E-state index is 8.72. The zero-order valence-electron chi connectivity index (χ0n) is 12.1. The standard InChI is InChI=1S/C15H18N6/c1-2-20-7-9-21(10-8-20)15-6-4-3-5-14(15)19-18-13(11-16)12-17/h3-6,19H,2,7-10H2,1H3. The van der Waals surface area contributed by atoms with Crippen LogP contribution in [0.2, 0.25) is 0 Å². The topological polar surface area (TPSA) is 78.4 Å². The molecule has 0 bridgehead atoms. The number of piperazine rings is 1. The molecule has 0 spiro atoms. The molecule has 1 aliphatic heterocycles. The summed E-state index contributed by atoms with van der Waals surface area (Å²) in [5.41, 5.74) is 4.50. The number of hydrazone groups is 1. The third kappa shape index (κ3) is 3.71. The third-order valence-electron chi connectivity index (χ3n) is 3.56. The zero-order valence-corrected chi connectivity index (χ0v) is 12.1. The maximum atomic E-state index is 8.72. The van der Waals surface area contributed by atoms with E-state index in [0.29, 0.717) is 0 Å². The van der Waals surface area contributed by atoms with Crippen molar-refractivity contribution in [2.24, 2.45) is 5.10 Å². The first-order chi connectivity index (χ1) is 10.3. The molecule has 1 aliphatic rings. The summed E-state index contributed by atoms with van der Waals surface area (Å²) in [5.74, 6) is 0. The average molecular weight is 282 g/mol. The first-order valence-corrected chi connectivity index (χ1v) is 6.98. The van der Waals surface area contributed by atoms with Crippen LogP contribution in [0, 0.1) is 22.7 Å². The molecule has 1 saturated heterocycles. The number of nitrogens with one attached hydrogen (secondary N) is 1. The highest BCUT2D eigenvalue weighted by atomic mass is 15.3. The number of nitriles is 2. The van der Waals surface area contributed by atoms with Gasteiger partial charge >= 0.3 is 0 Å². The van der Waals surface area contributed by atoms with Gasteiger partial charge in [-0.1, -0.05) is 19.1 Å². The second-order valence-electron chi connectivity index (χ2n) is 4.73. The molecule has 1 fully saturated rings. The lowest BCUT2D eigenvalue weighted by Gasteiger charge is -2.36. The Labute approximate surface area is 124 Å². The van der Waals surface area contributed by atoms with Crippen LogP contribution >= 0.6 is 0 Å². The predicted octanol–water partition coefficient (Wildman–Crippen LogP) is 1.64. The molecule has 1 heterocycles. The van der Waals surface area contributed by atoms with Crippen molar-refractivity contribution >= 4 is 17.1 Å². The smallest absolute Gasteiger partial charge is 0.237 e. The van der Waals surface area contributed by atoms with Gasteiger partial charge in [-0.05, 0) is 18.7 Å². The van der Waals surface area contributed by atoms with E-state index in [1.165, 1.54) is 0 Å². The minimum atomic E-state index is -0.180. The van der Waals surface area contributed by atoms with Crippen molar-refractivity contribution in [2.75, 3.05) is 43.0 Å². The van der Waals surface area contributed by atoms with E-state index in [-0.39, 0.29) is 5.71 Å². The van der Waals surface area contributed by atoms with E-state index in [2.05, 4.69) is 27.3 Å². The minimum Gasteiger partial charge on any atom is -0.367 e. The van der Waals surface area contributed by atoms with Crippen molar-refractivity contribution in [3.63, 3.8) is 0 Å². The Morgan fingerprint density at radius 1 is 1.19 bits per heavy atom. The van der Waals surface area contributed by atoms with Gasteiger partial charge in [0, 0.05) is 26.2 Å². The molecule has 0 amide bonds. The molecule has 2 rings (SSSR count). The van der Waals surface area contributed by atoms with Gasteiger partial charge in [-0.25, -0.2) is 0 Å². The number of benzene rings is 1. The van der Waals surface area contributed by atoms with Crippen LogP contribution in [-0.4, -0.2) is 43.3 Å². The first kappa shape index (κ1) is 14.8. The quantitative estimate of drug-likeness (QED) is 0.671. The number of rotatable bonds is 4. The molecule has 6 nitrogen and oxygen atoms in total. The lowest BCUT2D eigenvalue weighted by molar-refractivity contribution is 0.271. The minimum absolute atomic E-state index is 0.180. The second-order valence-corrected chi connectivity index (χ2v) is 4.73. The second kappa shape index (κ2) is 7.28. The van der Waals surface area contributed by atoms with Gasteiger partial charge in [0.15, 0.2) is 0 Å². The predicted molar refractivity (Wildman–Crippen MR) is 83.1 cm³/mol. The number of hydrogen-bond acceptors (Lipinski definition) is 6. The van der Waals surface area contributed by atoms with E-state index >= 15 is 0 Å². The van der Waals surface area contributed by atoms with Crippen LogP contribution in [0.25, 0.3) is 0 Å². The Kier molecular flexibility index (Phi) is 5.14. The van der Waals surface area contributed by atoms with Crippen LogP contribution in [0.3, 0.4) is 0 Å². The fraction of sp³-hybridized carbons (Fsp3) is 0.400. The van der Waals surface area contributed by atoms with Crippen LogP contribution in [0.15, 0.2) is 29.4 Å². The molecule has 0 aromatic heterocycles. The van der Waals surface area contributed by atoms with E-state index in [9.17, 15) is 0 Å². The Morgan fingerprint density at radius 3 is 2.48 bits per heavy atom. The van der Waals surface area contributed by atoms with Crippen LogP contribution in [0.1, 0.15) is 6.92 Å². The monoisotopic (exact) mass is 282 g/mol. The molecule has 0 saturated carbocycles. The number of nitrogens with zero attached hydrogens (tertiary/aromatic N) is 5. The van der Waals surface area contributed by atoms with Gasteiger partial charge in [0.25, 0.3) is 0 Å². The fourth-order valence-electron chi connectivity index (χ4n) is 2.34. The highest BCUT2D eigenvalue weighted by Gasteiger charge is 2.17. The molecule has 0 atom stereocenters. The Morgan fingerprint density at radius 2 is 1.86 bits per heavy atom. The Bertz CT molecular complexity index is 571. The van der Waals surface area contributed by atoms with Crippen molar-refractivity contribution < 1.29 is 0 Å². The summed E-state index contributed by atoms with van der Waals surface area (Å²) in [5, 5.41) is 21.3. The Hall–Kier alpha value is -2.57. The van der Waals surface area contributed by atoms with E-state index in [1.807, 2.05) is 24.3 Å². The van der Waals surface area contributed by atoms with Crippen molar-refractivity contribution in [1.29, 1.82) is 10.5 Å². The van der Waals surface area contributed by atoms with Gasteiger partial charge in [-0.3, -0.25) is 5.43 Å². The van der Waals surface area contributed by atoms with E-state index in [1.54, 1.807) is 12.1 Å². The van der Waals surface area contributed by atoms with Crippen LogP contribution in [0.5, 0.6) is 0 Å². The highest BCUT2D eigenvalue weighted by molar-refractivity contribution is 6.10. The summed E-state index contributed by atoms with van der Waals surface area (Å²) in [6, 6.07) is 11.3. The Balaban J connectivity index is 2.13. The normalized spacial score (nSPS) is 14.9. The average Bonchev–Trinajstić information content (AvgIpc) is 2.56. The van der Waals surface area contributed by atoms with E-state index in [4.69, 9.17) is 10.5 Å². The van der Waals surface area contributed by atoms with Crippen molar-refractivity contribution in [3.8, 4) is 12.1 Å². The van der Waals surface area contributed by atoms with Crippen molar-refractivity contribution in [3.05, 3.63) is 24.3 Å². The number of hydrogen-bond donors (Lipinski definition) is 1. The molecular formula is C15H18N6.